The number of carbonyl (C=O) groups is 1. The summed E-state index contributed by atoms with van der Waals surface area (Å²) in [5.74, 6) is 0.583. The molecular formula is C25H28ClN7O2. The molecule has 1 aliphatic rings. The van der Waals surface area contributed by atoms with E-state index in [1.807, 2.05) is 31.5 Å². The number of carbonyl (C=O) groups excluding carboxylic acids is 1. The fourth-order valence-corrected chi connectivity index (χ4v) is 4.51. The molecule has 4 rings (SSSR count). The molecule has 10 heteroatoms. The van der Waals surface area contributed by atoms with Crippen LogP contribution in [0.4, 0.5) is 5.82 Å². The number of anilines is 1. The first-order chi connectivity index (χ1) is 16.6. The standard InChI is InChI=1S/C25H28ClN7O2/c1-25(2,3)12-18(28-4)24(34)32-10-6-7-16(13-32)33-23-20(22(27)29-14-30-23)21(31-33)15-8-9-17(26)19(11-15)35-5/h8-9,11-12,14,16H,6-7,10,13H2,1-3,5H3,(H2,27,29,30)/b18-12-/t16-/m1/s1. The Morgan fingerprint density at radius 2 is 2.11 bits per heavy atom. The smallest absolute Gasteiger partial charge is 0.252 e. The number of rotatable bonds is 4. The Hall–Kier alpha value is -3.64. The number of nitrogens with zero attached hydrogens (tertiary/aromatic N) is 6. The summed E-state index contributed by atoms with van der Waals surface area (Å²) in [4.78, 5) is 27.1. The number of fused-ring (bicyclic) bond motifs is 1. The minimum Gasteiger partial charge on any atom is -0.495 e. The molecule has 2 N–H and O–H groups in total. The molecule has 0 saturated carbocycles. The second-order valence-corrected chi connectivity index (χ2v) is 10.1. The Kier molecular flexibility index (Phi) is 6.68. The molecule has 1 amide bonds. The predicted octanol–water partition coefficient (Wildman–Crippen LogP) is 4.75. The van der Waals surface area contributed by atoms with E-state index >= 15 is 0 Å². The van der Waals surface area contributed by atoms with Crippen molar-refractivity contribution in [2.45, 2.75) is 39.7 Å². The lowest BCUT2D eigenvalue weighted by Gasteiger charge is -2.33. The van der Waals surface area contributed by atoms with E-state index in [0.717, 1.165) is 18.4 Å². The fraction of sp³-hybridized carbons (Fsp3) is 0.400. The molecule has 0 bridgehead atoms. The third-order valence-corrected chi connectivity index (χ3v) is 6.19. The van der Waals surface area contributed by atoms with Crippen LogP contribution in [0.25, 0.3) is 27.1 Å². The van der Waals surface area contributed by atoms with Gasteiger partial charge >= 0.3 is 0 Å². The largest absolute Gasteiger partial charge is 0.495 e. The Morgan fingerprint density at radius 3 is 2.80 bits per heavy atom. The lowest BCUT2D eigenvalue weighted by atomic mass is 9.95. The Balaban J connectivity index is 1.74. The van der Waals surface area contributed by atoms with Gasteiger partial charge in [-0.1, -0.05) is 44.5 Å². The van der Waals surface area contributed by atoms with Gasteiger partial charge in [0.05, 0.1) is 30.1 Å². The quantitative estimate of drug-likeness (QED) is 0.415. The molecule has 1 fully saturated rings. The van der Waals surface area contributed by atoms with Gasteiger partial charge in [0.2, 0.25) is 5.70 Å². The Bertz CT molecular complexity index is 1350. The molecular weight excluding hydrogens is 466 g/mol. The van der Waals surface area contributed by atoms with E-state index in [1.165, 1.54) is 6.33 Å². The average Bonchev–Trinajstić information content (AvgIpc) is 3.23. The van der Waals surface area contributed by atoms with Crippen LogP contribution in [0.3, 0.4) is 0 Å². The Morgan fingerprint density at radius 1 is 1.34 bits per heavy atom. The zero-order chi connectivity index (χ0) is 25.3. The van der Waals surface area contributed by atoms with Gasteiger partial charge in [0.1, 0.15) is 23.6 Å². The SMILES string of the molecule is [C-]#[N+]/C(=C\C(C)(C)C)C(=O)N1CCC[C@@H](n2nc(-c3ccc(Cl)c(OC)c3)c3c(N)ncnc32)C1. The zero-order valence-electron chi connectivity index (χ0n) is 20.2. The number of likely N-dealkylation sites (tertiary alicyclic amines) is 1. The van der Waals surface area contributed by atoms with Gasteiger partial charge in [-0.3, -0.25) is 4.79 Å². The number of benzene rings is 1. The third-order valence-electron chi connectivity index (χ3n) is 5.88. The summed E-state index contributed by atoms with van der Waals surface area (Å²) in [6.45, 7) is 14.4. The minimum absolute atomic E-state index is 0.130. The molecule has 182 valence electrons. The number of nitrogens with two attached hydrogens (primary N) is 1. The van der Waals surface area contributed by atoms with Crippen molar-refractivity contribution < 1.29 is 9.53 Å². The average molecular weight is 494 g/mol. The van der Waals surface area contributed by atoms with Crippen molar-refractivity contribution in [1.82, 2.24) is 24.6 Å². The monoisotopic (exact) mass is 493 g/mol. The second-order valence-electron chi connectivity index (χ2n) is 9.65. The highest BCUT2D eigenvalue weighted by molar-refractivity contribution is 6.32. The van der Waals surface area contributed by atoms with E-state index in [9.17, 15) is 4.79 Å². The van der Waals surface area contributed by atoms with Crippen LogP contribution in [0.1, 0.15) is 39.7 Å². The number of amides is 1. The highest BCUT2D eigenvalue weighted by Gasteiger charge is 2.30. The van der Waals surface area contributed by atoms with Crippen LogP contribution in [0.15, 0.2) is 36.3 Å². The molecule has 1 saturated heterocycles. The van der Waals surface area contributed by atoms with E-state index in [0.29, 0.717) is 46.4 Å². The van der Waals surface area contributed by atoms with Gasteiger partial charge < -0.3 is 15.4 Å². The number of ether oxygens (including phenoxy) is 1. The summed E-state index contributed by atoms with van der Waals surface area (Å²) >= 11 is 6.22. The van der Waals surface area contributed by atoms with Crippen molar-refractivity contribution in [2.24, 2.45) is 5.41 Å². The molecule has 35 heavy (non-hydrogen) atoms. The van der Waals surface area contributed by atoms with Crippen molar-refractivity contribution in [3.8, 4) is 17.0 Å². The maximum Gasteiger partial charge on any atom is 0.252 e. The normalized spacial score (nSPS) is 16.9. The molecule has 1 atom stereocenters. The maximum absolute atomic E-state index is 13.2. The number of nitrogen functional groups attached to an aromatic ring is 1. The minimum atomic E-state index is -0.272. The van der Waals surface area contributed by atoms with Crippen molar-refractivity contribution >= 4 is 34.4 Å². The van der Waals surface area contributed by atoms with Crippen molar-refractivity contribution in [2.75, 3.05) is 25.9 Å². The van der Waals surface area contributed by atoms with Gasteiger partial charge in [-0.15, -0.1) is 0 Å². The van der Waals surface area contributed by atoms with Crippen LogP contribution in [0.2, 0.25) is 5.02 Å². The number of hydrogen-bond acceptors (Lipinski definition) is 6. The van der Waals surface area contributed by atoms with E-state index in [4.69, 9.17) is 33.7 Å². The Labute approximate surface area is 209 Å². The van der Waals surface area contributed by atoms with Crippen LogP contribution in [0, 0.1) is 12.0 Å². The van der Waals surface area contributed by atoms with Gasteiger partial charge in [-0.05, 0) is 30.4 Å². The summed E-state index contributed by atoms with van der Waals surface area (Å²) in [6.07, 6.45) is 4.74. The van der Waals surface area contributed by atoms with Gasteiger partial charge in [0.25, 0.3) is 5.91 Å². The van der Waals surface area contributed by atoms with Gasteiger partial charge in [0.15, 0.2) is 5.65 Å². The van der Waals surface area contributed by atoms with E-state index < -0.39 is 0 Å². The molecule has 9 nitrogen and oxygen atoms in total. The van der Waals surface area contributed by atoms with Crippen LogP contribution in [-0.4, -0.2) is 50.8 Å². The zero-order valence-corrected chi connectivity index (χ0v) is 21.0. The van der Waals surface area contributed by atoms with Crippen LogP contribution in [-0.2, 0) is 4.79 Å². The molecule has 3 heterocycles. The van der Waals surface area contributed by atoms with Crippen molar-refractivity contribution in [3.05, 3.63) is 52.7 Å². The highest BCUT2D eigenvalue weighted by atomic mass is 35.5. The fourth-order valence-electron chi connectivity index (χ4n) is 4.31. The van der Waals surface area contributed by atoms with Crippen LogP contribution >= 0.6 is 11.6 Å². The van der Waals surface area contributed by atoms with Gasteiger partial charge in [-0.25, -0.2) is 19.5 Å². The summed E-state index contributed by atoms with van der Waals surface area (Å²) < 4.78 is 7.21. The first kappa shape index (κ1) is 24.5. The lowest BCUT2D eigenvalue weighted by Crippen LogP contribution is -2.41. The molecule has 3 aromatic rings. The van der Waals surface area contributed by atoms with E-state index in [2.05, 4.69) is 14.8 Å². The summed E-state index contributed by atoms with van der Waals surface area (Å²) in [7, 11) is 1.55. The summed E-state index contributed by atoms with van der Waals surface area (Å²) in [6, 6.07) is 5.26. The highest BCUT2D eigenvalue weighted by Crippen LogP contribution is 2.37. The molecule has 1 aromatic carbocycles. The number of aromatic nitrogens is 4. The number of hydrogen-bond donors (Lipinski definition) is 1. The molecule has 2 aromatic heterocycles. The number of allylic oxidation sites excluding steroid dienone is 1. The van der Waals surface area contributed by atoms with Crippen LogP contribution in [0.5, 0.6) is 5.75 Å². The number of methoxy groups -OCH3 is 1. The summed E-state index contributed by atoms with van der Waals surface area (Å²) in [5.41, 5.74) is 8.11. The topological polar surface area (TPSA) is 104 Å². The van der Waals surface area contributed by atoms with Crippen molar-refractivity contribution in [1.29, 1.82) is 0 Å². The lowest BCUT2D eigenvalue weighted by molar-refractivity contribution is -0.128. The molecule has 0 spiro atoms. The van der Waals surface area contributed by atoms with Crippen molar-refractivity contribution in [3.63, 3.8) is 0 Å². The van der Waals surface area contributed by atoms with E-state index in [-0.39, 0.29) is 23.1 Å². The summed E-state index contributed by atoms with van der Waals surface area (Å²) in [5, 5.41) is 6.01. The number of piperidine rings is 1. The van der Waals surface area contributed by atoms with Gasteiger partial charge in [0, 0.05) is 18.7 Å². The third kappa shape index (κ3) is 4.93. The second kappa shape index (κ2) is 9.55. The number of halogens is 1. The predicted molar refractivity (Wildman–Crippen MR) is 136 cm³/mol. The maximum atomic E-state index is 13.2. The first-order valence-electron chi connectivity index (χ1n) is 11.3. The molecule has 0 aliphatic carbocycles. The van der Waals surface area contributed by atoms with E-state index in [1.54, 1.807) is 30.2 Å². The molecule has 0 unspecified atom stereocenters. The molecule has 0 radical (unpaired) electrons. The first-order valence-corrected chi connectivity index (χ1v) is 11.7. The van der Waals surface area contributed by atoms with Crippen LogP contribution < -0.4 is 10.5 Å². The molecule has 1 aliphatic heterocycles. The van der Waals surface area contributed by atoms with Gasteiger partial charge in [-0.2, -0.15) is 5.10 Å².